The van der Waals surface area contributed by atoms with Crippen LogP contribution in [-0.2, 0) is 0 Å². The van der Waals surface area contributed by atoms with Gasteiger partial charge in [0.2, 0.25) is 0 Å². The van der Waals surface area contributed by atoms with Crippen LogP contribution >= 0.6 is 11.8 Å². The van der Waals surface area contributed by atoms with Gasteiger partial charge in [-0.2, -0.15) is 0 Å². The maximum atomic E-state index is 11.0. The largest absolute Gasteiger partial charge is 0.308 e. The van der Waals surface area contributed by atoms with E-state index in [9.17, 15) is 10.1 Å². The van der Waals surface area contributed by atoms with Crippen molar-refractivity contribution in [2.24, 2.45) is 5.84 Å². The van der Waals surface area contributed by atoms with Crippen molar-refractivity contribution in [2.45, 2.75) is 23.8 Å². The third-order valence-corrected chi connectivity index (χ3v) is 3.86. The summed E-state index contributed by atoms with van der Waals surface area (Å²) < 4.78 is 0. The maximum absolute atomic E-state index is 11.0. The third-order valence-electron chi connectivity index (χ3n) is 2.88. The van der Waals surface area contributed by atoms with Crippen LogP contribution in [0.4, 0.5) is 11.5 Å². The summed E-state index contributed by atoms with van der Waals surface area (Å²) in [6.07, 6.45) is 0. The molecule has 0 bridgehead atoms. The van der Waals surface area contributed by atoms with Crippen molar-refractivity contribution in [3.05, 3.63) is 51.6 Å². The average Bonchev–Trinajstić information content (AvgIpc) is 2.42. The second-order valence-electron chi connectivity index (χ2n) is 4.27. The van der Waals surface area contributed by atoms with Gasteiger partial charge in [0, 0.05) is 11.0 Å². The summed E-state index contributed by atoms with van der Waals surface area (Å²) in [5.41, 5.74) is 4.66. The minimum atomic E-state index is -0.448. The van der Waals surface area contributed by atoms with Gasteiger partial charge >= 0.3 is 5.69 Å². The summed E-state index contributed by atoms with van der Waals surface area (Å²) in [5.74, 6) is 5.68. The number of hydrogen-bond acceptors (Lipinski definition) is 6. The number of aromatic nitrogens is 1. The number of anilines is 1. The first-order chi connectivity index (χ1) is 9.51. The van der Waals surface area contributed by atoms with Gasteiger partial charge in [-0.1, -0.05) is 17.8 Å². The minimum absolute atomic E-state index is 0.0350. The molecular formula is C13H14N4O2S. The molecule has 0 aliphatic heterocycles. The monoisotopic (exact) mass is 290 g/mol. The van der Waals surface area contributed by atoms with Crippen LogP contribution < -0.4 is 11.3 Å². The Morgan fingerprint density at radius 2 is 2.00 bits per heavy atom. The first-order valence-electron chi connectivity index (χ1n) is 5.88. The lowest BCUT2D eigenvalue weighted by Crippen LogP contribution is -2.09. The Bertz CT molecular complexity index is 661. The first-order valence-corrected chi connectivity index (χ1v) is 6.70. The summed E-state index contributed by atoms with van der Waals surface area (Å²) in [7, 11) is 0. The van der Waals surface area contributed by atoms with Crippen molar-refractivity contribution in [2.75, 3.05) is 5.43 Å². The number of aryl methyl sites for hydroxylation is 2. The molecule has 0 amide bonds. The van der Waals surface area contributed by atoms with Gasteiger partial charge in [0.15, 0.2) is 5.03 Å². The molecule has 0 radical (unpaired) electrons. The number of rotatable bonds is 4. The van der Waals surface area contributed by atoms with Crippen LogP contribution in [0.25, 0.3) is 0 Å². The molecule has 0 unspecified atom stereocenters. The van der Waals surface area contributed by atoms with Crippen molar-refractivity contribution in [1.29, 1.82) is 0 Å². The van der Waals surface area contributed by atoms with Crippen LogP contribution in [0.3, 0.4) is 0 Å². The Morgan fingerprint density at radius 1 is 1.25 bits per heavy atom. The van der Waals surface area contributed by atoms with Crippen LogP contribution in [-0.4, -0.2) is 9.91 Å². The molecule has 2 aromatic rings. The zero-order valence-corrected chi connectivity index (χ0v) is 11.9. The lowest BCUT2D eigenvalue weighted by atomic mass is 10.1. The number of hydrazine groups is 1. The number of nitro groups is 1. The molecule has 0 aliphatic carbocycles. The van der Waals surface area contributed by atoms with E-state index in [1.807, 2.05) is 32.0 Å². The van der Waals surface area contributed by atoms with Crippen molar-refractivity contribution >= 4 is 23.3 Å². The number of benzene rings is 1. The van der Waals surface area contributed by atoms with E-state index in [1.165, 1.54) is 29.5 Å². The molecular weight excluding hydrogens is 276 g/mol. The molecule has 0 aliphatic rings. The van der Waals surface area contributed by atoms with Gasteiger partial charge in [0.05, 0.1) is 4.92 Å². The predicted octanol–water partition coefficient (Wildman–Crippen LogP) is 3.04. The predicted molar refractivity (Wildman–Crippen MR) is 78.7 cm³/mol. The van der Waals surface area contributed by atoms with Crippen LogP contribution in [0.2, 0.25) is 0 Å². The Labute approximate surface area is 120 Å². The molecule has 0 saturated carbocycles. The molecule has 0 spiro atoms. The molecule has 0 atom stereocenters. The summed E-state index contributed by atoms with van der Waals surface area (Å²) in [5, 5.41) is 11.3. The molecule has 104 valence electrons. The van der Waals surface area contributed by atoms with Gasteiger partial charge in [0.25, 0.3) is 0 Å². The molecule has 0 fully saturated rings. The maximum Gasteiger partial charge on any atom is 0.301 e. The molecule has 3 N–H and O–H groups in total. The van der Waals surface area contributed by atoms with Crippen molar-refractivity contribution < 1.29 is 4.92 Å². The lowest BCUT2D eigenvalue weighted by Gasteiger charge is -2.06. The second kappa shape index (κ2) is 5.89. The van der Waals surface area contributed by atoms with Crippen molar-refractivity contribution in [3.63, 3.8) is 0 Å². The van der Waals surface area contributed by atoms with E-state index in [2.05, 4.69) is 10.4 Å². The molecule has 1 heterocycles. The van der Waals surface area contributed by atoms with Gasteiger partial charge in [-0.15, -0.1) is 0 Å². The topological polar surface area (TPSA) is 94.1 Å². The van der Waals surface area contributed by atoms with E-state index < -0.39 is 4.92 Å². The van der Waals surface area contributed by atoms with Crippen LogP contribution in [0, 0.1) is 24.0 Å². The van der Waals surface area contributed by atoms with E-state index in [0.717, 1.165) is 10.5 Å². The van der Waals surface area contributed by atoms with Gasteiger partial charge in [-0.3, -0.25) is 10.1 Å². The zero-order chi connectivity index (χ0) is 14.7. The van der Waals surface area contributed by atoms with E-state index in [-0.39, 0.29) is 5.69 Å². The van der Waals surface area contributed by atoms with Crippen LogP contribution in [0.5, 0.6) is 0 Å². The van der Waals surface area contributed by atoms with Crippen molar-refractivity contribution in [1.82, 2.24) is 4.98 Å². The normalized spacial score (nSPS) is 10.3. The first kappa shape index (κ1) is 14.3. The van der Waals surface area contributed by atoms with Crippen LogP contribution in [0.15, 0.2) is 40.3 Å². The molecule has 1 aromatic carbocycles. The van der Waals surface area contributed by atoms with Gasteiger partial charge in [-0.05, 0) is 43.2 Å². The third kappa shape index (κ3) is 3.06. The molecule has 7 heteroatoms. The van der Waals surface area contributed by atoms with E-state index >= 15 is 0 Å². The molecule has 2 rings (SSSR count). The minimum Gasteiger partial charge on any atom is -0.308 e. The molecule has 1 aromatic heterocycles. The highest BCUT2D eigenvalue weighted by Crippen LogP contribution is 2.34. The fourth-order valence-electron chi connectivity index (χ4n) is 1.62. The highest BCUT2D eigenvalue weighted by molar-refractivity contribution is 7.99. The van der Waals surface area contributed by atoms with Crippen molar-refractivity contribution in [3.8, 4) is 0 Å². The standard InChI is InChI=1S/C13H14N4O2S/c1-8-3-4-10(7-9(8)2)20-13-11(17(18)19)5-6-12(15-13)16-14/h3-7H,14H2,1-2H3,(H,15,16). The Kier molecular flexibility index (Phi) is 4.21. The Hall–Kier alpha value is -2.12. The van der Waals surface area contributed by atoms with E-state index in [0.29, 0.717) is 10.8 Å². The molecule has 20 heavy (non-hydrogen) atoms. The molecule has 0 saturated heterocycles. The summed E-state index contributed by atoms with van der Waals surface area (Å²) in [6.45, 7) is 4.02. The van der Waals surface area contributed by atoms with Gasteiger partial charge < -0.3 is 5.43 Å². The number of nitrogens with one attached hydrogen (secondary N) is 1. The summed E-state index contributed by atoms with van der Waals surface area (Å²) in [6, 6.07) is 8.75. The fraction of sp³-hybridized carbons (Fsp3) is 0.154. The van der Waals surface area contributed by atoms with E-state index in [1.54, 1.807) is 0 Å². The van der Waals surface area contributed by atoms with E-state index in [4.69, 9.17) is 5.84 Å². The summed E-state index contributed by atoms with van der Waals surface area (Å²) in [4.78, 5) is 15.6. The highest BCUT2D eigenvalue weighted by Gasteiger charge is 2.17. The van der Waals surface area contributed by atoms with Crippen LogP contribution in [0.1, 0.15) is 11.1 Å². The number of nitrogens with two attached hydrogens (primary N) is 1. The van der Waals surface area contributed by atoms with Gasteiger partial charge in [-0.25, -0.2) is 10.8 Å². The Morgan fingerprint density at radius 3 is 2.60 bits per heavy atom. The fourth-order valence-corrected chi connectivity index (χ4v) is 2.60. The zero-order valence-electron chi connectivity index (χ0n) is 11.1. The average molecular weight is 290 g/mol. The smallest absolute Gasteiger partial charge is 0.301 e. The molecule has 6 nitrogen and oxygen atoms in total. The number of pyridine rings is 1. The summed E-state index contributed by atoms with van der Waals surface area (Å²) >= 11 is 1.25. The quantitative estimate of drug-likeness (QED) is 0.510. The SMILES string of the molecule is Cc1ccc(Sc2nc(NN)ccc2[N+](=O)[O-])cc1C. The van der Waals surface area contributed by atoms with Gasteiger partial charge in [0.1, 0.15) is 5.82 Å². The lowest BCUT2D eigenvalue weighted by molar-refractivity contribution is -0.388. The highest BCUT2D eigenvalue weighted by atomic mass is 32.2. The Balaban J connectivity index is 2.40. The number of hydrogen-bond donors (Lipinski definition) is 2. The second-order valence-corrected chi connectivity index (χ2v) is 5.33. The number of nitrogens with zero attached hydrogens (tertiary/aromatic N) is 2. The number of nitrogen functional groups attached to an aromatic ring is 1.